The lowest BCUT2D eigenvalue weighted by molar-refractivity contribution is -0.162. The zero-order valence-electron chi connectivity index (χ0n) is 17.0. The molecule has 0 saturated carbocycles. The number of likely N-dealkylation sites (tertiary alicyclic amines) is 1. The van der Waals surface area contributed by atoms with Crippen LogP contribution in [0.3, 0.4) is 0 Å². The summed E-state index contributed by atoms with van der Waals surface area (Å²) in [5.41, 5.74) is 7.36. The highest BCUT2D eigenvalue weighted by molar-refractivity contribution is 5.83. The van der Waals surface area contributed by atoms with Crippen LogP contribution in [-0.2, 0) is 16.0 Å². The lowest BCUT2D eigenvalue weighted by atomic mass is 9.79. The van der Waals surface area contributed by atoms with Gasteiger partial charge in [-0.2, -0.15) is 5.26 Å². The predicted octanol–water partition coefficient (Wildman–Crippen LogP) is 1.77. The van der Waals surface area contributed by atoms with Crippen LogP contribution < -0.4 is 5.43 Å². The third-order valence-corrected chi connectivity index (χ3v) is 6.55. The highest BCUT2D eigenvalue weighted by Gasteiger charge is 2.41. The zero-order valence-corrected chi connectivity index (χ0v) is 17.0. The van der Waals surface area contributed by atoms with Crippen LogP contribution in [0, 0.1) is 11.3 Å². The normalized spacial score (nSPS) is 26.3. The molecule has 1 aliphatic carbocycles. The van der Waals surface area contributed by atoms with Crippen molar-refractivity contribution in [2.24, 2.45) is 0 Å². The number of carbonyl (C=O) groups is 1. The summed E-state index contributed by atoms with van der Waals surface area (Å²) in [6, 6.07) is 12.1. The fraction of sp³-hybridized carbons (Fsp3) is 0.435. The highest BCUT2D eigenvalue weighted by atomic mass is 16.5. The van der Waals surface area contributed by atoms with Gasteiger partial charge in [0.25, 0.3) is 0 Å². The van der Waals surface area contributed by atoms with Crippen molar-refractivity contribution >= 4 is 5.91 Å². The second-order valence-corrected chi connectivity index (χ2v) is 8.43. The first-order valence-corrected chi connectivity index (χ1v) is 10.5. The second-order valence-electron chi connectivity index (χ2n) is 8.43. The summed E-state index contributed by atoms with van der Waals surface area (Å²) >= 11 is 0. The van der Waals surface area contributed by atoms with Crippen LogP contribution in [0.15, 0.2) is 42.7 Å². The number of nitriles is 1. The Balaban J connectivity index is 1.28. The molecular weight excluding hydrogens is 378 g/mol. The van der Waals surface area contributed by atoms with Crippen molar-refractivity contribution in [1.82, 2.24) is 20.3 Å². The van der Waals surface area contributed by atoms with Crippen LogP contribution in [-0.4, -0.2) is 59.6 Å². The molecule has 154 valence electrons. The quantitative estimate of drug-likeness (QED) is 0.838. The van der Waals surface area contributed by atoms with E-state index in [4.69, 9.17) is 4.74 Å². The Kier molecular flexibility index (Phi) is 4.99. The van der Waals surface area contributed by atoms with E-state index in [0.29, 0.717) is 31.1 Å². The molecule has 0 radical (unpaired) electrons. The van der Waals surface area contributed by atoms with E-state index in [-0.39, 0.29) is 24.2 Å². The molecule has 5 rings (SSSR count). The van der Waals surface area contributed by atoms with Crippen LogP contribution in [0.1, 0.15) is 40.7 Å². The number of amides is 1. The summed E-state index contributed by atoms with van der Waals surface area (Å²) in [5, 5.41) is 11.1. The predicted molar refractivity (Wildman–Crippen MR) is 110 cm³/mol. The lowest BCUT2D eigenvalue weighted by Gasteiger charge is -2.47. The van der Waals surface area contributed by atoms with E-state index in [1.54, 1.807) is 0 Å². The molecule has 3 atom stereocenters. The number of carbonyl (C=O) groups excluding carboxylic acids is 1. The minimum absolute atomic E-state index is 0.0477. The van der Waals surface area contributed by atoms with Crippen LogP contribution in [0.25, 0.3) is 0 Å². The van der Waals surface area contributed by atoms with Gasteiger partial charge in [0, 0.05) is 44.6 Å². The summed E-state index contributed by atoms with van der Waals surface area (Å²) < 4.78 is 6.47. The highest BCUT2D eigenvalue weighted by Crippen LogP contribution is 2.41. The van der Waals surface area contributed by atoms with Gasteiger partial charge < -0.3 is 9.64 Å². The number of hydrogen-bond donors (Lipinski definition) is 1. The van der Waals surface area contributed by atoms with Crippen molar-refractivity contribution in [1.29, 1.82) is 5.26 Å². The van der Waals surface area contributed by atoms with Gasteiger partial charge in [0.15, 0.2) is 0 Å². The molecule has 0 spiro atoms. The van der Waals surface area contributed by atoms with Crippen LogP contribution >= 0.6 is 0 Å². The number of benzene rings is 1. The molecule has 1 N–H and O–H groups in total. The molecule has 3 aliphatic rings. The van der Waals surface area contributed by atoms with E-state index in [1.807, 2.05) is 47.5 Å². The maximum absolute atomic E-state index is 12.5. The molecule has 2 aliphatic heterocycles. The number of ether oxygens (including phenoxy) is 1. The van der Waals surface area contributed by atoms with Gasteiger partial charge in [0.05, 0.1) is 23.8 Å². The molecule has 2 fully saturated rings. The van der Waals surface area contributed by atoms with Gasteiger partial charge in [0.1, 0.15) is 6.04 Å². The van der Waals surface area contributed by atoms with Crippen molar-refractivity contribution in [3.05, 3.63) is 65.0 Å². The number of hydrazine groups is 1. The van der Waals surface area contributed by atoms with Crippen molar-refractivity contribution in [2.45, 2.75) is 37.0 Å². The van der Waals surface area contributed by atoms with E-state index < -0.39 is 0 Å². The molecule has 7 heteroatoms. The summed E-state index contributed by atoms with van der Waals surface area (Å²) in [6.07, 6.45) is 5.52. The molecule has 2 aromatic rings. The van der Waals surface area contributed by atoms with Gasteiger partial charge in [0.2, 0.25) is 5.91 Å². The number of nitrogens with zero attached hydrogens (tertiary/aromatic N) is 4. The van der Waals surface area contributed by atoms with Crippen molar-refractivity contribution in [2.75, 3.05) is 26.7 Å². The first-order valence-electron chi connectivity index (χ1n) is 10.5. The maximum Gasteiger partial charge on any atom is 0.242 e. The summed E-state index contributed by atoms with van der Waals surface area (Å²) in [7, 11) is 1.90. The van der Waals surface area contributed by atoms with Gasteiger partial charge in [-0.15, -0.1) is 0 Å². The number of fused-ring (bicyclic) bond motifs is 1. The third kappa shape index (κ3) is 3.47. The number of hydrogen-bond acceptors (Lipinski definition) is 6. The standard InChI is InChI=1S/C23H25N5O2/c1-27-21(12-26-27)23(29)28-13-19(14-28)30-22-9-18(8-17-5-6-25-11-20(17)22)16-4-2-3-15(7-16)10-24/h2-7,11,18-19,21-22,26H,8-9,12-14H2,1H3. The number of rotatable bonds is 4. The Hall–Kier alpha value is -2.79. The van der Waals surface area contributed by atoms with Crippen molar-refractivity contribution in [3.8, 4) is 6.07 Å². The lowest BCUT2D eigenvalue weighted by Crippen LogP contribution is -2.69. The summed E-state index contributed by atoms with van der Waals surface area (Å²) in [4.78, 5) is 18.7. The minimum Gasteiger partial charge on any atom is -0.367 e. The Morgan fingerprint density at radius 3 is 2.93 bits per heavy atom. The SMILES string of the molecule is CN1NCC1C(=O)N1CC(OC2CC(c3cccc(C#N)c3)Cc3ccncc32)C1. The van der Waals surface area contributed by atoms with Crippen LogP contribution in [0.5, 0.6) is 0 Å². The molecular formula is C23H25N5O2. The average Bonchev–Trinajstić information content (AvgIpc) is 2.74. The smallest absolute Gasteiger partial charge is 0.242 e. The van der Waals surface area contributed by atoms with E-state index >= 15 is 0 Å². The van der Waals surface area contributed by atoms with Crippen LogP contribution in [0.2, 0.25) is 0 Å². The van der Waals surface area contributed by atoms with E-state index in [1.165, 1.54) is 11.1 Å². The Morgan fingerprint density at radius 1 is 1.33 bits per heavy atom. The first-order chi connectivity index (χ1) is 14.6. The molecule has 7 nitrogen and oxygen atoms in total. The number of aromatic nitrogens is 1. The number of nitrogens with one attached hydrogen (secondary N) is 1. The fourth-order valence-corrected chi connectivity index (χ4v) is 4.66. The largest absolute Gasteiger partial charge is 0.367 e. The Labute approximate surface area is 176 Å². The van der Waals surface area contributed by atoms with Crippen LogP contribution in [0.4, 0.5) is 0 Å². The molecule has 1 aromatic carbocycles. The fourth-order valence-electron chi connectivity index (χ4n) is 4.66. The molecule has 0 bridgehead atoms. The summed E-state index contributed by atoms with van der Waals surface area (Å²) in [5.74, 6) is 0.471. The van der Waals surface area contributed by atoms with Gasteiger partial charge in [-0.1, -0.05) is 12.1 Å². The third-order valence-electron chi connectivity index (χ3n) is 6.55. The minimum atomic E-state index is -0.0534. The first kappa shape index (κ1) is 19.2. The van der Waals surface area contributed by atoms with Crippen molar-refractivity contribution < 1.29 is 9.53 Å². The van der Waals surface area contributed by atoms with E-state index in [0.717, 1.165) is 18.4 Å². The molecule has 1 amide bonds. The second kappa shape index (κ2) is 7.80. The Morgan fingerprint density at radius 2 is 2.20 bits per heavy atom. The number of likely N-dealkylation sites (N-methyl/N-ethyl adjacent to an activating group) is 1. The summed E-state index contributed by atoms with van der Waals surface area (Å²) in [6.45, 7) is 2.00. The maximum atomic E-state index is 12.5. The molecule has 1 aromatic heterocycles. The number of pyridine rings is 1. The average molecular weight is 403 g/mol. The van der Waals surface area contributed by atoms with Gasteiger partial charge in [-0.3, -0.25) is 15.2 Å². The topological polar surface area (TPSA) is 81.5 Å². The molecule has 3 heterocycles. The monoisotopic (exact) mass is 403 g/mol. The molecule has 2 saturated heterocycles. The van der Waals surface area contributed by atoms with Gasteiger partial charge in [-0.25, -0.2) is 5.01 Å². The Bertz CT molecular complexity index is 997. The molecule has 3 unspecified atom stereocenters. The van der Waals surface area contributed by atoms with Gasteiger partial charge >= 0.3 is 0 Å². The molecule has 30 heavy (non-hydrogen) atoms. The van der Waals surface area contributed by atoms with E-state index in [2.05, 4.69) is 28.6 Å². The zero-order chi connectivity index (χ0) is 20.7. The van der Waals surface area contributed by atoms with E-state index in [9.17, 15) is 10.1 Å². The van der Waals surface area contributed by atoms with Gasteiger partial charge in [-0.05, 0) is 48.1 Å². The van der Waals surface area contributed by atoms with Crippen molar-refractivity contribution in [3.63, 3.8) is 0 Å².